The summed E-state index contributed by atoms with van der Waals surface area (Å²) < 4.78 is 9.42. The van der Waals surface area contributed by atoms with Crippen molar-refractivity contribution in [1.82, 2.24) is 0 Å². The predicted molar refractivity (Wildman–Crippen MR) is 21.0 cm³/mol. The first-order valence-corrected chi connectivity index (χ1v) is 3.37. The Kier molecular flexibility index (Phi) is 1.94. The van der Waals surface area contributed by atoms with Gasteiger partial charge in [-0.3, -0.25) is 0 Å². The van der Waals surface area contributed by atoms with Crippen molar-refractivity contribution in [2.75, 3.05) is 6.26 Å². The molecule has 0 amide bonds. The molecular weight excluding hydrogens is 91.1 g/mol. The van der Waals surface area contributed by atoms with Crippen LogP contribution in [-0.2, 0) is 9.78 Å². The van der Waals surface area contributed by atoms with E-state index in [9.17, 15) is 4.21 Å². The molecule has 0 saturated heterocycles. The number of hydrogen-bond acceptors (Lipinski definition) is 1. The zero-order valence-electron chi connectivity index (χ0n) is 2.26. The fraction of sp³-hybridized carbons (Fsp3) is 1.00. The van der Waals surface area contributed by atoms with Gasteiger partial charge in [0.05, 0.1) is 0 Å². The topological polar surface area (TPSA) is 17.1 Å². The summed E-state index contributed by atoms with van der Waals surface area (Å²) in [5.74, 6) is 0. The summed E-state index contributed by atoms with van der Waals surface area (Å²) in [5, 5.41) is 0. The molecule has 0 aliphatic heterocycles. The van der Waals surface area contributed by atoms with Crippen LogP contribution in [0.1, 0.15) is 0 Å². The SMILES string of the molecule is CS(=O)#P. The molecule has 4 heavy (non-hydrogen) atoms. The summed E-state index contributed by atoms with van der Waals surface area (Å²) in [6.07, 6.45) is 1.50. The zero-order chi connectivity index (χ0) is 3.58. The molecule has 0 N–H and O–H groups in total. The van der Waals surface area contributed by atoms with Crippen LogP contribution in [0.25, 0.3) is 0 Å². The Hall–Kier alpha value is 0.450. The van der Waals surface area contributed by atoms with E-state index in [0.717, 1.165) is 0 Å². The molecule has 0 aromatic carbocycles. The van der Waals surface area contributed by atoms with Gasteiger partial charge in [-0.25, -0.2) is 0 Å². The van der Waals surface area contributed by atoms with Crippen molar-refractivity contribution in [1.29, 1.82) is 0 Å². The minimum atomic E-state index is -0.917. The van der Waals surface area contributed by atoms with Gasteiger partial charge in [0.2, 0.25) is 0 Å². The van der Waals surface area contributed by atoms with Crippen molar-refractivity contribution >= 4 is 17.6 Å². The predicted octanol–water partition coefficient (Wildman–Crippen LogP) is 0.690. The molecule has 0 radical (unpaired) electrons. The van der Waals surface area contributed by atoms with Crippen LogP contribution in [0.2, 0.25) is 0 Å². The molecule has 0 fully saturated rings. The summed E-state index contributed by atoms with van der Waals surface area (Å²) in [4.78, 5) is 0. The molecule has 0 aliphatic carbocycles. The quantitative estimate of drug-likeness (QED) is 0.403. The van der Waals surface area contributed by atoms with E-state index in [0.29, 0.717) is 0 Å². The summed E-state index contributed by atoms with van der Waals surface area (Å²) in [6.45, 7) is 0. The third-order valence-electron chi connectivity index (χ3n) is 0. The average molecular weight is 94.1 g/mol. The van der Waals surface area contributed by atoms with Gasteiger partial charge >= 0.3 is 28.1 Å². The Morgan fingerprint density at radius 2 is 2.00 bits per heavy atom. The first-order chi connectivity index (χ1) is 1.73. The minimum absolute atomic E-state index is 0.917. The summed E-state index contributed by atoms with van der Waals surface area (Å²) >= 11 is 0. The molecule has 0 aliphatic rings. The molecule has 0 bridgehead atoms. The molecule has 0 aromatic heterocycles. The molecule has 0 unspecified atom stereocenters. The molecule has 0 spiro atoms. The Bertz CT molecular complexity index is 98.2. The normalized spacial score (nSPS) is 6.00. The number of rotatable bonds is 0. The standard InChI is InChI=1S/CH3OPS/c1-4(2)3/h1H3. The Balaban J connectivity index is 3.85. The molecular formula is CH3OPS. The van der Waals surface area contributed by atoms with Crippen LogP contribution >= 0.6 is 7.81 Å². The van der Waals surface area contributed by atoms with Gasteiger partial charge in [0.25, 0.3) is 0 Å². The van der Waals surface area contributed by atoms with Crippen LogP contribution in [0.5, 0.6) is 0 Å². The van der Waals surface area contributed by atoms with E-state index >= 15 is 0 Å². The van der Waals surface area contributed by atoms with Gasteiger partial charge in [-0.1, -0.05) is 0 Å². The van der Waals surface area contributed by atoms with Crippen molar-refractivity contribution in [2.24, 2.45) is 0 Å². The summed E-state index contributed by atoms with van der Waals surface area (Å²) in [7, 11) is 2.52. The molecule has 0 heterocycles. The first-order valence-electron chi connectivity index (χ1n) is 0.757. The van der Waals surface area contributed by atoms with E-state index in [1.165, 1.54) is 6.26 Å². The maximum atomic E-state index is 9.42. The van der Waals surface area contributed by atoms with Gasteiger partial charge in [0.15, 0.2) is 0 Å². The second-order valence-electron chi connectivity index (χ2n) is 0.424. The summed E-state index contributed by atoms with van der Waals surface area (Å²) in [5.41, 5.74) is 0. The second-order valence-corrected chi connectivity index (χ2v) is 2.81. The van der Waals surface area contributed by atoms with Crippen molar-refractivity contribution < 1.29 is 4.21 Å². The van der Waals surface area contributed by atoms with Gasteiger partial charge in [-0.15, -0.1) is 0 Å². The van der Waals surface area contributed by atoms with Gasteiger partial charge in [-0.2, -0.15) is 0 Å². The first kappa shape index (κ1) is 4.45. The fourth-order valence-electron chi connectivity index (χ4n) is 0. The van der Waals surface area contributed by atoms with E-state index in [1.807, 2.05) is 0 Å². The van der Waals surface area contributed by atoms with E-state index in [2.05, 4.69) is 7.81 Å². The third-order valence-corrected chi connectivity index (χ3v) is 0. The van der Waals surface area contributed by atoms with Gasteiger partial charge < -0.3 is 0 Å². The van der Waals surface area contributed by atoms with Gasteiger partial charge in [-0.05, 0) is 0 Å². The zero-order valence-corrected chi connectivity index (χ0v) is 3.97. The Labute approximate surface area is 28.9 Å². The molecule has 24 valence electrons. The third kappa shape index (κ3) is 25.4. The van der Waals surface area contributed by atoms with Gasteiger partial charge in [0.1, 0.15) is 0 Å². The molecule has 0 aromatic rings. The van der Waals surface area contributed by atoms with E-state index in [1.54, 1.807) is 0 Å². The van der Waals surface area contributed by atoms with Crippen LogP contribution in [0.15, 0.2) is 0 Å². The Morgan fingerprint density at radius 1 is 2.00 bits per heavy atom. The van der Waals surface area contributed by atoms with Crippen LogP contribution in [0, 0.1) is 0 Å². The molecule has 0 rings (SSSR count). The summed E-state index contributed by atoms with van der Waals surface area (Å²) in [6, 6.07) is 0. The van der Waals surface area contributed by atoms with Crippen molar-refractivity contribution in [3.05, 3.63) is 0 Å². The van der Waals surface area contributed by atoms with Crippen LogP contribution in [0.4, 0.5) is 0 Å². The fourth-order valence-corrected chi connectivity index (χ4v) is 0. The van der Waals surface area contributed by atoms with Crippen LogP contribution in [-0.4, -0.2) is 10.5 Å². The van der Waals surface area contributed by atoms with E-state index < -0.39 is 9.78 Å². The molecule has 3 heteroatoms. The maximum absolute atomic E-state index is 9.42. The van der Waals surface area contributed by atoms with Gasteiger partial charge in [0, 0.05) is 0 Å². The Morgan fingerprint density at radius 3 is 2.00 bits per heavy atom. The van der Waals surface area contributed by atoms with Crippen molar-refractivity contribution in [3.63, 3.8) is 0 Å². The number of hydrogen-bond donors (Lipinski definition) is 0. The monoisotopic (exact) mass is 94.0 g/mol. The molecule has 0 atom stereocenters. The molecule has 0 saturated carbocycles. The second kappa shape index (κ2) is 1.74. The van der Waals surface area contributed by atoms with E-state index in [4.69, 9.17) is 0 Å². The van der Waals surface area contributed by atoms with E-state index in [-0.39, 0.29) is 0 Å². The van der Waals surface area contributed by atoms with Crippen molar-refractivity contribution in [2.45, 2.75) is 0 Å². The van der Waals surface area contributed by atoms with Crippen LogP contribution < -0.4 is 0 Å². The van der Waals surface area contributed by atoms with Crippen LogP contribution in [0.3, 0.4) is 0 Å². The van der Waals surface area contributed by atoms with Crippen molar-refractivity contribution in [3.8, 4) is 0 Å². The molecule has 1 nitrogen and oxygen atoms in total. The average Bonchev–Trinajstić information content (AvgIpc) is 0.811.